The molecule has 4 heteroatoms. The van der Waals surface area contributed by atoms with Crippen LogP contribution in [0.2, 0.25) is 0 Å². The third-order valence-corrected chi connectivity index (χ3v) is 1.90. The van der Waals surface area contributed by atoms with Crippen molar-refractivity contribution in [2.45, 2.75) is 26.0 Å². The molecule has 0 saturated heterocycles. The van der Waals surface area contributed by atoms with E-state index in [4.69, 9.17) is 10.5 Å². The van der Waals surface area contributed by atoms with Crippen LogP contribution in [0.4, 0.5) is 0 Å². The maximum absolute atomic E-state index is 5.43. The molecular weight excluding hydrogens is 166 g/mol. The monoisotopic (exact) mass is 181 g/mol. The standard InChI is InChI=1S/C9H15N3O/c1-3-8(13-2)9-11-5-7(4-10)6-12-9/h5-6,8H,3-4,10H2,1-2H3. The van der Waals surface area contributed by atoms with E-state index >= 15 is 0 Å². The Hall–Kier alpha value is -1.00. The van der Waals surface area contributed by atoms with Crippen molar-refractivity contribution >= 4 is 0 Å². The summed E-state index contributed by atoms with van der Waals surface area (Å²) in [5.74, 6) is 0.724. The fraction of sp³-hybridized carbons (Fsp3) is 0.556. The minimum Gasteiger partial charge on any atom is -0.373 e. The molecule has 0 radical (unpaired) electrons. The fourth-order valence-electron chi connectivity index (χ4n) is 1.09. The van der Waals surface area contributed by atoms with Crippen molar-refractivity contribution in [3.8, 4) is 0 Å². The van der Waals surface area contributed by atoms with Crippen LogP contribution in [0.25, 0.3) is 0 Å². The highest BCUT2D eigenvalue weighted by Crippen LogP contribution is 2.14. The average molecular weight is 181 g/mol. The van der Waals surface area contributed by atoms with E-state index in [0.29, 0.717) is 6.54 Å². The molecule has 0 aliphatic heterocycles. The highest BCUT2D eigenvalue weighted by molar-refractivity contribution is 5.05. The van der Waals surface area contributed by atoms with Gasteiger partial charge in [0.25, 0.3) is 0 Å². The molecule has 0 aliphatic rings. The van der Waals surface area contributed by atoms with E-state index in [-0.39, 0.29) is 6.10 Å². The third kappa shape index (κ3) is 2.47. The molecule has 1 atom stereocenters. The fourth-order valence-corrected chi connectivity index (χ4v) is 1.09. The van der Waals surface area contributed by atoms with Gasteiger partial charge in [0.1, 0.15) is 6.10 Å². The summed E-state index contributed by atoms with van der Waals surface area (Å²) in [6, 6.07) is 0. The van der Waals surface area contributed by atoms with Crippen LogP contribution in [0.3, 0.4) is 0 Å². The van der Waals surface area contributed by atoms with Gasteiger partial charge in [-0.3, -0.25) is 0 Å². The number of hydrogen-bond donors (Lipinski definition) is 1. The van der Waals surface area contributed by atoms with E-state index in [1.54, 1.807) is 19.5 Å². The van der Waals surface area contributed by atoms with E-state index in [0.717, 1.165) is 17.8 Å². The van der Waals surface area contributed by atoms with Crippen molar-refractivity contribution in [1.82, 2.24) is 9.97 Å². The van der Waals surface area contributed by atoms with Crippen molar-refractivity contribution in [1.29, 1.82) is 0 Å². The summed E-state index contributed by atoms with van der Waals surface area (Å²) in [5.41, 5.74) is 6.37. The molecule has 1 heterocycles. The van der Waals surface area contributed by atoms with Crippen LogP contribution < -0.4 is 5.73 Å². The second kappa shape index (κ2) is 4.89. The van der Waals surface area contributed by atoms with Crippen LogP contribution in [0, 0.1) is 0 Å². The summed E-state index contributed by atoms with van der Waals surface area (Å²) >= 11 is 0. The maximum Gasteiger partial charge on any atom is 0.157 e. The molecule has 0 aromatic carbocycles. The minimum atomic E-state index is -0.00757. The highest BCUT2D eigenvalue weighted by Gasteiger charge is 2.09. The van der Waals surface area contributed by atoms with Crippen LogP contribution in [0.5, 0.6) is 0 Å². The van der Waals surface area contributed by atoms with Gasteiger partial charge in [-0.2, -0.15) is 0 Å². The Morgan fingerprint density at radius 2 is 2.08 bits per heavy atom. The number of nitrogens with zero attached hydrogens (tertiary/aromatic N) is 2. The normalized spacial score (nSPS) is 12.8. The molecule has 1 aromatic rings. The van der Waals surface area contributed by atoms with Gasteiger partial charge in [-0.25, -0.2) is 9.97 Å². The quantitative estimate of drug-likeness (QED) is 0.753. The first kappa shape index (κ1) is 10.1. The summed E-state index contributed by atoms with van der Waals surface area (Å²) < 4.78 is 5.20. The first-order valence-electron chi connectivity index (χ1n) is 4.35. The number of methoxy groups -OCH3 is 1. The number of ether oxygens (including phenoxy) is 1. The number of hydrogen-bond acceptors (Lipinski definition) is 4. The van der Waals surface area contributed by atoms with E-state index in [1.807, 2.05) is 6.92 Å². The van der Waals surface area contributed by atoms with E-state index < -0.39 is 0 Å². The summed E-state index contributed by atoms with van der Waals surface area (Å²) in [5, 5.41) is 0. The minimum absolute atomic E-state index is 0.00757. The van der Waals surface area contributed by atoms with E-state index in [2.05, 4.69) is 9.97 Å². The molecule has 0 spiro atoms. The van der Waals surface area contributed by atoms with Crippen molar-refractivity contribution in [3.63, 3.8) is 0 Å². The first-order valence-corrected chi connectivity index (χ1v) is 4.35. The zero-order valence-corrected chi connectivity index (χ0v) is 8.03. The predicted octanol–water partition coefficient (Wildman–Crippen LogP) is 1.03. The lowest BCUT2D eigenvalue weighted by Gasteiger charge is -2.10. The van der Waals surface area contributed by atoms with Crippen LogP contribution in [-0.4, -0.2) is 17.1 Å². The second-order valence-electron chi connectivity index (χ2n) is 2.79. The summed E-state index contributed by atoms with van der Waals surface area (Å²) in [6.07, 6.45) is 4.35. The molecule has 0 amide bonds. The van der Waals surface area contributed by atoms with Gasteiger partial charge in [0.2, 0.25) is 0 Å². The van der Waals surface area contributed by atoms with Crippen molar-refractivity contribution < 1.29 is 4.74 Å². The molecule has 0 bridgehead atoms. The lowest BCUT2D eigenvalue weighted by molar-refractivity contribution is 0.0925. The molecule has 72 valence electrons. The Balaban J connectivity index is 2.78. The first-order chi connectivity index (χ1) is 6.31. The molecule has 2 N–H and O–H groups in total. The zero-order chi connectivity index (χ0) is 9.68. The van der Waals surface area contributed by atoms with Crippen LogP contribution in [-0.2, 0) is 11.3 Å². The van der Waals surface area contributed by atoms with Gasteiger partial charge in [0.15, 0.2) is 5.82 Å². The molecule has 0 aliphatic carbocycles. The van der Waals surface area contributed by atoms with E-state index in [1.165, 1.54) is 0 Å². The Labute approximate surface area is 78.1 Å². The van der Waals surface area contributed by atoms with Crippen LogP contribution >= 0.6 is 0 Å². The van der Waals surface area contributed by atoms with E-state index in [9.17, 15) is 0 Å². The molecule has 1 unspecified atom stereocenters. The van der Waals surface area contributed by atoms with Gasteiger partial charge in [-0.05, 0) is 6.42 Å². The number of aromatic nitrogens is 2. The molecule has 0 fully saturated rings. The SMILES string of the molecule is CCC(OC)c1ncc(CN)cn1. The summed E-state index contributed by atoms with van der Waals surface area (Å²) in [7, 11) is 1.66. The molecule has 1 aromatic heterocycles. The highest BCUT2D eigenvalue weighted by atomic mass is 16.5. The Kier molecular flexibility index (Phi) is 3.79. The Bertz CT molecular complexity index is 244. The summed E-state index contributed by atoms with van der Waals surface area (Å²) in [6.45, 7) is 2.51. The van der Waals surface area contributed by atoms with Gasteiger partial charge >= 0.3 is 0 Å². The molecule has 4 nitrogen and oxygen atoms in total. The van der Waals surface area contributed by atoms with Gasteiger partial charge in [0.05, 0.1) is 0 Å². The van der Waals surface area contributed by atoms with Crippen molar-refractivity contribution in [3.05, 3.63) is 23.8 Å². The Morgan fingerprint density at radius 1 is 1.46 bits per heavy atom. The zero-order valence-electron chi connectivity index (χ0n) is 8.03. The smallest absolute Gasteiger partial charge is 0.157 e. The lowest BCUT2D eigenvalue weighted by Crippen LogP contribution is -2.07. The largest absolute Gasteiger partial charge is 0.373 e. The molecular formula is C9H15N3O. The molecule has 13 heavy (non-hydrogen) atoms. The van der Waals surface area contributed by atoms with Crippen molar-refractivity contribution in [2.75, 3.05) is 7.11 Å². The Morgan fingerprint density at radius 3 is 2.46 bits per heavy atom. The number of nitrogens with two attached hydrogens (primary N) is 1. The number of rotatable bonds is 4. The van der Waals surface area contributed by atoms with Gasteiger partial charge in [-0.1, -0.05) is 6.92 Å². The van der Waals surface area contributed by atoms with Gasteiger partial charge in [0, 0.05) is 31.6 Å². The summed E-state index contributed by atoms with van der Waals surface area (Å²) in [4.78, 5) is 8.35. The third-order valence-electron chi connectivity index (χ3n) is 1.90. The van der Waals surface area contributed by atoms with Crippen LogP contribution in [0.1, 0.15) is 30.8 Å². The van der Waals surface area contributed by atoms with Crippen LogP contribution in [0.15, 0.2) is 12.4 Å². The lowest BCUT2D eigenvalue weighted by atomic mass is 10.2. The van der Waals surface area contributed by atoms with Gasteiger partial charge < -0.3 is 10.5 Å². The van der Waals surface area contributed by atoms with Gasteiger partial charge in [-0.15, -0.1) is 0 Å². The predicted molar refractivity (Wildman–Crippen MR) is 50.0 cm³/mol. The molecule has 1 rings (SSSR count). The second-order valence-corrected chi connectivity index (χ2v) is 2.79. The molecule has 0 saturated carbocycles. The average Bonchev–Trinajstić information content (AvgIpc) is 2.21. The van der Waals surface area contributed by atoms with Crippen molar-refractivity contribution in [2.24, 2.45) is 5.73 Å². The maximum atomic E-state index is 5.43. The topological polar surface area (TPSA) is 61.0 Å².